The Kier molecular flexibility index (Phi) is 4.88. The molecule has 0 aliphatic heterocycles. The third-order valence-corrected chi connectivity index (χ3v) is 5.17. The molecule has 0 aliphatic carbocycles. The van der Waals surface area contributed by atoms with Gasteiger partial charge in [-0.3, -0.25) is 4.55 Å². The standard InChI is InChI=1S/C19H26O3S/c1-11(2)14-7-16(12(3)4)19-10-15(23(20,21)22)9-17(13(5)6)18(19)8-14/h7-13H,1-6H3,(H,20,21,22). The maximum Gasteiger partial charge on any atom is 0.294 e. The van der Waals surface area contributed by atoms with E-state index in [1.807, 2.05) is 13.8 Å². The van der Waals surface area contributed by atoms with Crippen LogP contribution in [0.25, 0.3) is 10.8 Å². The highest BCUT2D eigenvalue weighted by molar-refractivity contribution is 7.85. The molecule has 4 heteroatoms. The van der Waals surface area contributed by atoms with Gasteiger partial charge in [-0.15, -0.1) is 0 Å². The van der Waals surface area contributed by atoms with Crippen LogP contribution in [0.3, 0.4) is 0 Å². The van der Waals surface area contributed by atoms with E-state index in [4.69, 9.17) is 0 Å². The number of hydrogen-bond donors (Lipinski definition) is 1. The van der Waals surface area contributed by atoms with Crippen molar-refractivity contribution in [3.05, 3.63) is 41.0 Å². The van der Waals surface area contributed by atoms with Crippen LogP contribution in [0.15, 0.2) is 29.2 Å². The molecule has 0 radical (unpaired) electrons. The van der Waals surface area contributed by atoms with Gasteiger partial charge in [-0.1, -0.05) is 53.7 Å². The van der Waals surface area contributed by atoms with Crippen molar-refractivity contribution in [1.29, 1.82) is 0 Å². The van der Waals surface area contributed by atoms with Gasteiger partial charge < -0.3 is 0 Å². The first-order chi connectivity index (χ1) is 10.5. The Balaban J connectivity index is 3.00. The van der Waals surface area contributed by atoms with Gasteiger partial charge in [0.1, 0.15) is 0 Å². The number of hydrogen-bond acceptors (Lipinski definition) is 2. The molecule has 2 aromatic carbocycles. The van der Waals surface area contributed by atoms with Gasteiger partial charge in [-0.2, -0.15) is 8.42 Å². The van der Waals surface area contributed by atoms with Crippen molar-refractivity contribution in [2.24, 2.45) is 0 Å². The second-order valence-electron chi connectivity index (χ2n) is 7.16. The zero-order valence-electron chi connectivity index (χ0n) is 14.7. The molecule has 0 fully saturated rings. The van der Waals surface area contributed by atoms with E-state index < -0.39 is 10.1 Å². The van der Waals surface area contributed by atoms with E-state index in [9.17, 15) is 13.0 Å². The Bertz CT molecular complexity index is 831. The Morgan fingerprint density at radius 3 is 1.65 bits per heavy atom. The molecule has 0 unspecified atom stereocenters. The van der Waals surface area contributed by atoms with Crippen LogP contribution in [0.2, 0.25) is 0 Å². The Morgan fingerprint density at radius 2 is 1.22 bits per heavy atom. The first-order valence-corrected chi connectivity index (χ1v) is 9.55. The van der Waals surface area contributed by atoms with Crippen LogP contribution in [-0.2, 0) is 10.1 Å². The minimum Gasteiger partial charge on any atom is -0.282 e. The minimum atomic E-state index is -4.22. The Hall–Kier alpha value is -1.39. The lowest BCUT2D eigenvalue weighted by Gasteiger charge is -2.19. The lowest BCUT2D eigenvalue weighted by Crippen LogP contribution is -2.04. The number of fused-ring (bicyclic) bond motifs is 1. The monoisotopic (exact) mass is 334 g/mol. The van der Waals surface area contributed by atoms with Crippen LogP contribution in [0.5, 0.6) is 0 Å². The van der Waals surface area contributed by atoms with Crippen molar-refractivity contribution < 1.29 is 13.0 Å². The van der Waals surface area contributed by atoms with Gasteiger partial charge in [-0.25, -0.2) is 0 Å². The largest absolute Gasteiger partial charge is 0.294 e. The van der Waals surface area contributed by atoms with E-state index in [1.54, 1.807) is 12.1 Å². The highest BCUT2D eigenvalue weighted by Crippen LogP contribution is 2.36. The predicted molar refractivity (Wildman–Crippen MR) is 96.0 cm³/mol. The summed E-state index contributed by atoms with van der Waals surface area (Å²) in [5.41, 5.74) is 3.33. The molecule has 2 aromatic rings. The highest BCUT2D eigenvalue weighted by Gasteiger charge is 2.19. The van der Waals surface area contributed by atoms with Gasteiger partial charge in [-0.05, 0) is 57.3 Å². The van der Waals surface area contributed by atoms with Crippen molar-refractivity contribution in [3.63, 3.8) is 0 Å². The smallest absolute Gasteiger partial charge is 0.282 e. The van der Waals surface area contributed by atoms with E-state index >= 15 is 0 Å². The fraction of sp³-hybridized carbons (Fsp3) is 0.474. The molecule has 3 nitrogen and oxygen atoms in total. The van der Waals surface area contributed by atoms with Crippen LogP contribution < -0.4 is 0 Å². The molecule has 0 saturated heterocycles. The van der Waals surface area contributed by atoms with Gasteiger partial charge >= 0.3 is 0 Å². The summed E-state index contributed by atoms with van der Waals surface area (Å²) in [6, 6.07) is 7.54. The van der Waals surface area contributed by atoms with Gasteiger partial charge in [0.25, 0.3) is 10.1 Å². The van der Waals surface area contributed by atoms with Gasteiger partial charge in [0.05, 0.1) is 4.90 Å². The van der Waals surface area contributed by atoms with Gasteiger partial charge in [0.15, 0.2) is 0 Å². The maximum absolute atomic E-state index is 11.7. The second kappa shape index (κ2) is 6.25. The lowest BCUT2D eigenvalue weighted by molar-refractivity contribution is 0.483. The molecule has 0 atom stereocenters. The van der Waals surface area contributed by atoms with E-state index in [0.717, 1.165) is 21.9 Å². The third-order valence-electron chi connectivity index (χ3n) is 4.34. The average molecular weight is 334 g/mol. The Morgan fingerprint density at radius 1 is 0.739 bits per heavy atom. The molecule has 0 bridgehead atoms. The molecule has 1 N–H and O–H groups in total. The summed E-state index contributed by atoms with van der Waals surface area (Å²) in [5, 5.41) is 2.01. The molecule has 0 heterocycles. The van der Waals surface area contributed by atoms with Crippen molar-refractivity contribution in [2.75, 3.05) is 0 Å². The van der Waals surface area contributed by atoms with Crippen LogP contribution in [0.1, 0.15) is 76.0 Å². The van der Waals surface area contributed by atoms with Crippen LogP contribution in [0, 0.1) is 0 Å². The molecule has 0 aliphatic rings. The number of rotatable bonds is 4. The normalized spacial score (nSPS) is 12.8. The summed E-state index contributed by atoms with van der Waals surface area (Å²) in [4.78, 5) is -0.0205. The molecule has 0 aromatic heterocycles. The minimum absolute atomic E-state index is 0.0205. The molecule has 126 valence electrons. The van der Waals surface area contributed by atoms with E-state index in [1.165, 1.54) is 5.56 Å². The maximum atomic E-state index is 11.7. The first-order valence-electron chi connectivity index (χ1n) is 8.11. The van der Waals surface area contributed by atoms with Gasteiger partial charge in [0, 0.05) is 0 Å². The van der Waals surface area contributed by atoms with Crippen molar-refractivity contribution in [2.45, 2.75) is 64.2 Å². The highest BCUT2D eigenvalue weighted by atomic mass is 32.2. The fourth-order valence-electron chi connectivity index (χ4n) is 2.95. The Labute approximate surface area is 139 Å². The molecule has 0 amide bonds. The van der Waals surface area contributed by atoms with Crippen LogP contribution >= 0.6 is 0 Å². The van der Waals surface area contributed by atoms with Crippen molar-refractivity contribution >= 4 is 20.9 Å². The number of benzene rings is 2. The van der Waals surface area contributed by atoms with E-state index in [0.29, 0.717) is 5.92 Å². The van der Waals surface area contributed by atoms with Crippen molar-refractivity contribution in [1.82, 2.24) is 0 Å². The fourth-order valence-corrected chi connectivity index (χ4v) is 3.49. The van der Waals surface area contributed by atoms with Crippen LogP contribution in [0.4, 0.5) is 0 Å². The van der Waals surface area contributed by atoms with E-state index in [-0.39, 0.29) is 16.7 Å². The topological polar surface area (TPSA) is 54.4 Å². The molecular formula is C19H26O3S. The zero-order chi connectivity index (χ0) is 17.5. The van der Waals surface area contributed by atoms with Crippen molar-refractivity contribution in [3.8, 4) is 0 Å². The molecule has 0 saturated carbocycles. The summed E-state index contributed by atoms with van der Waals surface area (Å²) >= 11 is 0. The summed E-state index contributed by atoms with van der Waals surface area (Å²) in [6.45, 7) is 12.6. The third kappa shape index (κ3) is 3.59. The second-order valence-corrected chi connectivity index (χ2v) is 8.58. The van der Waals surface area contributed by atoms with Crippen LogP contribution in [-0.4, -0.2) is 13.0 Å². The summed E-state index contributed by atoms with van der Waals surface area (Å²) in [6.07, 6.45) is 0. The van der Waals surface area contributed by atoms with E-state index in [2.05, 4.69) is 39.8 Å². The summed E-state index contributed by atoms with van der Waals surface area (Å²) < 4.78 is 32.8. The first kappa shape index (κ1) is 18.0. The van der Waals surface area contributed by atoms with Gasteiger partial charge in [0.2, 0.25) is 0 Å². The molecule has 23 heavy (non-hydrogen) atoms. The average Bonchev–Trinajstić information content (AvgIpc) is 2.43. The lowest BCUT2D eigenvalue weighted by atomic mass is 9.86. The summed E-state index contributed by atoms with van der Waals surface area (Å²) in [5.74, 6) is 0.840. The molecular weight excluding hydrogens is 308 g/mol. The molecule has 0 spiro atoms. The zero-order valence-corrected chi connectivity index (χ0v) is 15.5. The SMILES string of the molecule is CC(C)c1cc(C(C)C)c2cc(S(=O)(=O)O)cc(C(C)C)c2c1. The quantitative estimate of drug-likeness (QED) is 0.756. The predicted octanol–water partition coefficient (Wildman–Crippen LogP) is 5.46. The molecule has 2 rings (SSSR count). The summed E-state index contributed by atoms with van der Waals surface area (Å²) in [7, 11) is -4.22.